The normalized spacial score (nSPS) is 13.5. The number of benzene rings is 1. The number of aliphatic hydroxyl groups is 1. The largest absolute Gasteiger partial charge is 0.454 e. The molecular formula is C16H21Cl2N3O7S. The molecule has 2 unspecified atom stereocenters. The van der Waals surface area contributed by atoms with Crippen LogP contribution >= 0.6 is 23.2 Å². The third kappa shape index (κ3) is 8.15. The number of aliphatic hydroxyl groups excluding tert-OH is 1. The molecule has 1 rings (SSSR count). The van der Waals surface area contributed by atoms with Crippen LogP contribution in [-0.2, 0) is 24.3 Å². The van der Waals surface area contributed by atoms with E-state index in [1.165, 1.54) is 6.07 Å². The second-order valence-electron chi connectivity index (χ2n) is 6.20. The Morgan fingerprint density at radius 1 is 1.14 bits per heavy atom. The lowest BCUT2D eigenvalue weighted by Crippen LogP contribution is -2.49. The number of urea groups is 1. The van der Waals surface area contributed by atoms with Crippen LogP contribution in [0.15, 0.2) is 23.1 Å². The van der Waals surface area contributed by atoms with Crippen LogP contribution in [-0.4, -0.2) is 56.2 Å². The van der Waals surface area contributed by atoms with Gasteiger partial charge in [-0.2, -0.15) is 4.72 Å². The number of esters is 1. The summed E-state index contributed by atoms with van der Waals surface area (Å²) in [5.74, 6) is -2.16. The fourth-order valence-electron chi connectivity index (χ4n) is 1.91. The van der Waals surface area contributed by atoms with E-state index in [0.717, 1.165) is 19.1 Å². The first kappa shape index (κ1) is 25.1. The van der Waals surface area contributed by atoms with Crippen LogP contribution in [0.4, 0.5) is 4.79 Å². The number of halogens is 2. The highest BCUT2D eigenvalue weighted by Crippen LogP contribution is 2.25. The van der Waals surface area contributed by atoms with Crippen molar-refractivity contribution < 1.29 is 32.6 Å². The van der Waals surface area contributed by atoms with E-state index >= 15 is 0 Å². The Labute approximate surface area is 177 Å². The molecule has 0 aliphatic heterocycles. The summed E-state index contributed by atoms with van der Waals surface area (Å²) in [6, 6.07) is 0.751. The third-order valence-electron chi connectivity index (χ3n) is 3.24. The summed E-state index contributed by atoms with van der Waals surface area (Å²) in [6.45, 7) is 3.65. The molecule has 0 aliphatic carbocycles. The zero-order valence-electron chi connectivity index (χ0n) is 15.7. The molecule has 1 aromatic carbocycles. The standard InChI is InChI=1S/C16H21Cl2N3O7S/c1-8(2)19-16(25)20-13(23)7-28-15(24)14(9(3)22)21-29(26,27)10-4-5-11(17)12(18)6-10/h4-6,8-9,14,21-22H,7H2,1-3H3,(H2,19,20,23,25). The van der Waals surface area contributed by atoms with Gasteiger partial charge in [-0.15, -0.1) is 0 Å². The molecule has 29 heavy (non-hydrogen) atoms. The van der Waals surface area contributed by atoms with Crippen molar-refractivity contribution in [2.24, 2.45) is 0 Å². The molecule has 4 N–H and O–H groups in total. The van der Waals surface area contributed by atoms with Gasteiger partial charge in [0.2, 0.25) is 10.0 Å². The first-order chi connectivity index (χ1) is 13.3. The van der Waals surface area contributed by atoms with Crippen molar-refractivity contribution >= 4 is 51.1 Å². The Morgan fingerprint density at radius 3 is 2.28 bits per heavy atom. The molecule has 2 atom stereocenters. The minimum absolute atomic E-state index is 0.0259. The lowest BCUT2D eigenvalue weighted by atomic mass is 10.2. The van der Waals surface area contributed by atoms with Gasteiger partial charge in [-0.3, -0.25) is 14.9 Å². The van der Waals surface area contributed by atoms with Crippen molar-refractivity contribution in [3.63, 3.8) is 0 Å². The van der Waals surface area contributed by atoms with Gasteiger partial charge in [-0.1, -0.05) is 23.2 Å². The van der Waals surface area contributed by atoms with Crippen LogP contribution in [0.2, 0.25) is 10.0 Å². The number of hydrogen-bond donors (Lipinski definition) is 4. The van der Waals surface area contributed by atoms with E-state index in [-0.39, 0.29) is 21.0 Å². The van der Waals surface area contributed by atoms with Crippen molar-refractivity contribution in [3.05, 3.63) is 28.2 Å². The average molecular weight is 470 g/mol. The zero-order valence-corrected chi connectivity index (χ0v) is 18.1. The van der Waals surface area contributed by atoms with Gasteiger partial charge in [0.25, 0.3) is 5.91 Å². The van der Waals surface area contributed by atoms with Gasteiger partial charge < -0.3 is 15.2 Å². The molecule has 10 nitrogen and oxygen atoms in total. The smallest absolute Gasteiger partial charge is 0.327 e. The van der Waals surface area contributed by atoms with E-state index in [0.29, 0.717) is 0 Å². The van der Waals surface area contributed by atoms with Gasteiger partial charge >= 0.3 is 12.0 Å². The van der Waals surface area contributed by atoms with Crippen LogP contribution in [0.3, 0.4) is 0 Å². The number of imide groups is 1. The van der Waals surface area contributed by atoms with Crippen LogP contribution in [0, 0.1) is 0 Å². The number of rotatable bonds is 8. The van der Waals surface area contributed by atoms with E-state index in [9.17, 15) is 27.9 Å². The molecule has 1 aromatic rings. The van der Waals surface area contributed by atoms with Crippen LogP contribution < -0.4 is 15.4 Å². The Bertz CT molecular complexity index is 875. The summed E-state index contributed by atoms with van der Waals surface area (Å²) in [6.07, 6.45) is -1.49. The highest BCUT2D eigenvalue weighted by Gasteiger charge is 2.31. The average Bonchev–Trinajstić information content (AvgIpc) is 2.58. The van der Waals surface area contributed by atoms with E-state index in [1.54, 1.807) is 13.8 Å². The molecular weight excluding hydrogens is 449 g/mol. The number of carbonyl (C=O) groups excluding carboxylic acids is 3. The summed E-state index contributed by atoms with van der Waals surface area (Å²) in [5, 5.41) is 14.2. The molecule has 0 spiro atoms. The molecule has 0 saturated heterocycles. The van der Waals surface area contributed by atoms with Crippen molar-refractivity contribution in [1.82, 2.24) is 15.4 Å². The summed E-state index contributed by atoms with van der Waals surface area (Å²) >= 11 is 11.5. The minimum atomic E-state index is -4.28. The fraction of sp³-hybridized carbons (Fsp3) is 0.438. The summed E-state index contributed by atoms with van der Waals surface area (Å²) < 4.78 is 31.5. The Balaban J connectivity index is 2.78. The first-order valence-electron chi connectivity index (χ1n) is 8.26. The summed E-state index contributed by atoms with van der Waals surface area (Å²) in [7, 11) is -4.28. The number of sulfonamides is 1. The molecule has 0 radical (unpaired) electrons. The fourth-order valence-corrected chi connectivity index (χ4v) is 3.56. The maximum Gasteiger partial charge on any atom is 0.327 e. The van der Waals surface area contributed by atoms with E-state index < -0.39 is 46.7 Å². The number of carbonyl (C=O) groups is 3. The zero-order chi connectivity index (χ0) is 22.4. The molecule has 0 saturated carbocycles. The second-order valence-corrected chi connectivity index (χ2v) is 8.73. The summed E-state index contributed by atoms with van der Waals surface area (Å²) in [5.41, 5.74) is 0. The molecule has 0 heterocycles. The highest BCUT2D eigenvalue weighted by molar-refractivity contribution is 7.89. The van der Waals surface area contributed by atoms with Crippen molar-refractivity contribution in [1.29, 1.82) is 0 Å². The molecule has 0 bridgehead atoms. The van der Waals surface area contributed by atoms with Crippen LogP contribution in [0.1, 0.15) is 20.8 Å². The van der Waals surface area contributed by atoms with E-state index in [2.05, 4.69) is 5.32 Å². The molecule has 3 amide bonds. The van der Waals surface area contributed by atoms with Crippen molar-refractivity contribution in [3.8, 4) is 0 Å². The predicted molar refractivity (Wildman–Crippen MR) is 105 cm³/mol. The van der Waals surface area contributed by atoms with Gasteiger partial charge in [-0.25, -0.2) is 13.2 Å². The van der Waals surface area contributed by atoms with E-state index in [1.807, 2.05) is 10.0 Å². The molecule has 0 aromatic heterocycles. The second kappa shape index (κ2) is 10.7. The van der Waals surface area contributed by atoms with Gasteiger partial charge in [0.15, 0.2) is 6.61 Å². The lowest BCUT2D eigenvalue weighted by Gasteiger charge is -2.20. The van der Waals surface area contributed by atoms with Crippen molar-refractivity contribution in [2.75, 3.05) is 6.61 Å². The first-order valence-corrected chi connectivity index (χ1v) is 10.5. The Morgan fingerprint density at radius 2 is 1.76 bits per heavy atom. The Hall–Kier alpha value is -1.92. The molecule has 0 fully saturated rings. The van der Waals surface area contributed by atoms with Gasteiger partial charge in [0, 0.05) is 6.04 Å². The van der Waals surface area contributed by atoms with Gasteiger partial charge in [0.1, 0.15) is 6.04 Å². The summed E-state index contributed by atoms with van der Waals surface area (Å²) in [4.78, 5) is 34.9. The molecule has 0 aliphatic rings. The SMILES string of the molecule is CC(C)NC(=O)NC(=O)COC(=O)C(NS(=O)(=O)c1ccc(Cl)c(Cl)c1)C(C)O. The maximum atomic E-state index is 12.4. The quantitative estimate of drug-likeness (QED) is 0.410. The maximum absolute atomic E-state index is 12.4. The lowest BCUT2D eigenvalue weighted by molar-refractivity contribution is -0.152. The number of hydrogen-bond acceptors (Lipinski definition) is 7. The molecule has 162 valence electrons. The number of nitrogens with one attached hydrogen (secondary N) is 3. The Kier molecular flexibility index (Phi) is 9.30. The topological polar surface area (TPSA) is 151 Å². The number of ether oxygens (including phenoxy) is 1. The minimum Gasteiger partial charge on any atom is -0.454 e. The van der Waals surface area contributed by atoms with E-state index in [4.69, 9.17) is 27.9 Å². The molecule has 13 heteroatoms. The van der Waals surface area contributed by atoms with Gasteiger partial charge in [0.05, 0.1) is 21.0 Å². The van der Waals surface area contributed by atoms with Gasteiger partial charge in [-0.05, 0) is 39.0 Å². The van der Waals surface area contributed by atoms with Crippen molar-refractivity contribution in [2.45, 2.75) is 43.9 Å². The monoisotopic (exact) mass is 469 g/mol. The van der Waals surface area contributed by atoms with Crippen LogP contribution in [0.5, 0.6) is 0 Å². The third-order valence-corrected chi connectivity index (χ3v) is 5.42. The predicted octanol–water partition coefficient (Wildman–Crippen LogP) is 0.799. The van der Waals surface area contributed by atoms with Crippen LogP contribution in [0.25, 0.3) is 0 Å². The number of amides is 3. The highest BCUT2D eigenvalue weighted by atomic mass is 35.5.